The van der Waals surface area contributed by atoms with Crippen molar-refractivity contribution < 1.29 is 34.2 Å². The minimum Gasteiger partial charge on any atom is -0.481 e. The first-order valence-corrected chi connectivity index (χ1v) is 17.7. The van der Waals surface area contributed by atoms with E-state index in [0.717, 1.165) is 25.8 Å². The predicted octanol–water partition coefficient (Wildman–Crippen LogP) is 9.34. The molecule has 0 bridgehead atoms. The van der Waals surface area contributed by atoms with Gasteiger partial charge < -0.3 is 19.8 Å². The molecule has 3 N–H and O–H groups in total. The van der Waals surface area contributed by atoms with E-state index in [2.05, 4.69) is 6.58 Å². The molecule has 0 rings (SSSR count). The maximum absolute atomic E-state index is 11.5. The summed E-state index contributed by atoms with van der Waals surface area (Å²) in [5.41, 5.74) is 0. The largest absolute Gasteiger partial charge is 0.481 e. The quantitative estimate of drug-likeness (QED) is 0.0397. The topological polar surface area (TPSA) is 112 Å². The summed E-state index contributed by atoms with van der Waals surface area (Å²) in [5, 5.41) is 28.3. The fourth-order valence-electron chi connectivity index (χ4n) is 5.83. The zero-order chi connectivity index (χ0) is 32.3. The number of carboxylic acid groups (broad SMARTS) is 3. The molecule has 0 heterocycles. The van der Waals surface area contributed by atoms with Gasteiger partial charge in [0.2, 0.25) is 0 Å². The Morgan fingerprint density at radius 2 is 0.744 bits per heavy atom. The Labute approximate surface area is 264 Å². The standard InChI is InChI=1S/C36H67NO6/c1-5-6-7-8-9-10-11-12-13-14-15-16-17-18-19-20-21-22-23-27-37(28-24-31(2)34(38)39,29-25-32(3)35(40)41)30-26-33(4)36(42)43/h5,31-33H,1,6-30H2,2-4H3,(H2-,38,39,40,41,42,43)/p+1. The van der Waals surface area contributed by atoms with E-state index in [1.165, 1.54) is 96.3 Å². The van der Waals surface area contributed by atoms with Gasteiger partial charge in [0.1, 0.15) is 0 Å². The van der Waals surface area contributed by atoms with Crippen LogP contribution in [0.25, 0.3) is 0 Å². The third-order valence-electron chi connectivity index (χ3n) is 9.41. The first-order valence-electron chi connectivity index (χ1n) is 17.7. The number of hydrogen-bond acceptors (Lipinski definition) is 3. The van der Waals surface area contributed by atoms with Crippen LogP contribution in [0.15, 0.2) is 12.7 Å². The average Bonchev–Trinajstić information content (AvgIpc) is 2.97. The molecule has 0 aliphatic heterocycles. The van der Waals surface area contributed by atoms with Gasteiger partial charge in [-0.05, 0) is 25.7 Å². The fourth-order valence-corrected chi connectivity index (χ4v) is 5.83. The van der Waals surface area contributed by atoms with Gasteiger partial charge in [-0.2, -0.15) is 0 Å². The van der Waals surface area contributed by atoms with Crippen LogP contribution >= 0.6 is 0 Å². The SMILES string of the molecule is C=CCCCCCCCCCCCCCCCCCCC[N+](CCC(C)C(=O)O)(CCC(C)C(=O)O)CCC(C)C(=O)O. The summed E-state index contributed by atoms with van der Waals surface area (Å²) in [6.07, 6.45) is 26.8. The zero-order valence-corrected chi connectivity index (χ0v) is 28.2. The second-order valence-electron chi connectivity index (χ2n) is 13.4. The molecule has 0 fully saturated rings. The third kappa shape index (κ3) is 23.2. The Morgan fingerprint density at radius 1 is 0.488 bits per heavy atom. The van der Waals surface area contributed by atoms with Gasteiger partial charge in [0.15, 0.2) is 0 Å². The average molecular weight is 611 g/mol. The fraction of sp³-hybridized carbons (Fsp3) is 0.861. The number of carboxylic acids is 3. The van der Waals surface area contributed by atoms with Gasteiger partial charge in [0, 0.05) is 19.3 Å². The highest BCUT2D eigenvalue weighted by molar-refractivity contribution is 5.70. The molecule has 43 heavy (non-hydrogen) atoms. The van der Waals surface area contributed by atoms with Crippen molar-refractivity contribution in [3.63, 3.8) is 0 Å². The van der Waals surface area contributed by atoms with Crippen LogP contribution in [0.4, 0.5) is 0 Å². The Bertz CT molecular complexity index is 679. The number of quaternary nitrogens is 1. The molecule has 3 atom stereocenters. The highest BCUT2D eigenvalue weighted by atomic mass is 16.4. The van der Waals surface area contributed by atoms with Crippen molar-refractivity contribution in [1.82, 2.24) is 0 Å². The maximum Gasteiger partial charge on any atom is 0.306 e. The molecule has 0 aromatic rings. The summed E-state index contributed by atoms with van der Waals surface area (Å²) in [7, 11) is 0. The van der Waals surface area contributed by atoms with E-state index in [0.29, 0.717) is 43.4 Å². The molecule has 0 saturated heterocycles. The van der Waals surface area contributed by atoms with E-state index < -0.39 is 35.7 Å². The lowest BCUT2D eigenvalue weighted by Gasteiger charge is -2.40. The number of allylic oxidation sites excluding steroid dienone is 1. The molecule has 7 heteroatoms. The second-order valence-corrected chi connectivity index (χ2v) is 13.4. The molecule has 3 unspecified atom stereocenters. The van der Waals surface area contributed by atoms with E-state index in [1.807, 2.05) is 6.08 Å². The number of rotatable bonds is 32. The Kier molecular flexibility index (Phi) is 25.3. The van der Waals surface area contributed by atoms with Crippen molar-refractivity contribution in [3.8, 4) is 0 Å². The smallest absolute Gasteiger partial charge is 0.306 e. The van der Waals surface area contributed by atoms with Crippen LogP contribution in [0.5, 0.6) is 0 Å². The van der Waals surface area contributed by atoms with Crippen molar-refractivity contribution in [3.05, 3.63) is 12.7 Å². The van der Waals surface area contributed by atoms with Crippen LogP contribution < -0.4 is 0 Å². The minimum atomic E-state index is -0.822. The van der Waals surface area contributed by atoms with Crippen molar-refractivity contribution >= 4 is 17.9 Å². The van der Waals surface area contributed by atoms with Gasteiger partial charge >= 0.3 is 17.9 Å². The second kappa shape index (κ2) is 26.5. The monoisotopic (exact) mass is 611 g/mol. The Balaban J connectivity index is 4.41. The van der Waals surface area contributed by atoms with Crippen LogP contribution in [0.1, 0.15) is 156 Å². The van der Waals surface area contributed by atoms with Crippen LogP contribution in [0.2, 0.25) is 0 Å². The lowest BCUT2D eigenvalue weighted by molar-refractivity contribution is -0.929. The number of carbonyl (C=O) groups is 3. The van der Waals surface area contributed by atoms with Crippen molar-refractivity contribution in [1.29, 1.82) is 0 Å². The first-order chi connectivity index (χ1) is 20.5. The highest BCUT2D eigenvalue weighted by Crippen LogP contribution is 2.22. The van der Waals surface area contributed by atoms with E-state index in [9.17, 15) is 29.7 Å². The van der Waals surface area contributed by atoms with Gasteiger partial charge in [0.05, 0.1) is 43.9 Å². The van der Waals surface area contributed by atoms with E-state index >= 15 is 0 Å². The molecule has 0 spiro atoms. The van der Waals surface area contributed by atoms with Crippen molar-refractivity contribution in [2.45, 2.75) is 156 Å². The van der Waals surface area contributed by atoms with Gasteiger partial charge in [-0.15, -0.1) is 6.58 Å². The molecule has 0 radical (unpaired) electrons. The van der Waals surface area contributed by atoms with Gasteiger partial charge in [-0.1, -0.05) is 117 Å². The highest BCUT2D eigenvalue weighted by Gasteiger charge is 2.31. The first kappa shape index (κ1) is 41.1. The Hall–Kier alpha value is -1.89. The van der Waals surface area contributed by atoms with Crippen molar-refractivity contribution in [2.75, 3.05) is 26.2 Å². The van der Waals surface area contributed by atoms with Crippen LogP contribution in [-0.4, -0.2) is 63.9 Å². The van der Waals surface area contributed by atoms with Gasteiger partial charge in [0.25, 0.3) is 0 Å². The van der Waals surface area contributed by atoms with E-state index in [1.54, 1.807) is 20.8 Å². The van der Waals surface area contributed by atoms with Crippen LogP contribution in [0, 0.1) is 17.8 Å². The molecule has 7 nitrogen and oxygen atoms in total. The molecule has 0 aromatic heterocycles. The molecule has 0 amide bonds. The summed E-state index contributed by atoms with van der Waals surface area (Å²) in [4.78, 5) is 34.5. The summed E-state index contributed by atoms with van der Waals surface area (Å²) < 4.78 is 0.614. The summed E-state index contributed by atoms with van der Waals surface area (Å²) >= 11 is 0. The molecule has 0 aliphatic carbocycles. The number of nitrogens with zero attached hydrogens (tertiary/aromatic N) is 1. The van der Waals surface area contributed by atoms with Crippen molar-refractivity contribution in [2.24, 2.45) is 17.8 Å². The molecule has 0 aliphatic rings. The maximum atomic E-state index is 11.5. The van der Waals surface area contributed by atoms with Crippen LogP contribution in [0.3, 0.4) is 0 Å². The third-order valence-corrected chi connectivity index (χ3v) is 9.41. The lowest BCUT2D eigenvalue weighted by atomic mass is 10.0. The Morgan fingerprint density at radius 3 is 1.00 bits per heavy atom. The zero-order valence-electron chi connectivity index (χ0n) is 28.2. The number of unbranched alkanes of at least 4 members (excludes halogenated alkanes) is 17. The lowest BCUT2D eigenvalue weighted by Crippen LogP contribution is -2.52. The van der Waals surface area contributed by atoms with Gasteiger partial charge in [-0.3, -0.25) is 14.4 Å². The minimum absolute atomic E-state index is 0.478. The van der Waals surface area contributed by atoms with Gasteiger partial charge in [-0.25, -0.2) is 0 Å². The van der Waals surface area contributed by atoms with E-state index in [4.69, 9.17) is 0 Å². The molecule has 0 aromatic carbocycles. The molecule has 0 saturated carbocycles. The molecular weight excluding hydrogens is 542 g/mol. The number of hydrogen-bond donors (Lipinski definition) is 3. The molecule has 252 valence electrons. The van der Waals surface area contributed by atoms with Crippen LogP contribution in [-0.2, 0) is 14.4 Å². The predicted molar refractivity (Wildman–Crippen MR) is 177 cm³/mol. The molecular formula is C36H68NO6+. The normalized spacial score (nSPS) is 15.0. The van der Waals surface area contributed by atoms with E-state index in [-0.39, 0.29) is 0 Å². The summed E-state index contributed by atoms with van der Waals surface area (Å²) in [6.45, 7) is 11.7. The summed E-state index contributed by atoms with van der Waals surface area (Å²) in [5.74, 6) is -3.90. The number of aliphatic carboxylic acids is 3. The summed E-state index contributed by atoms with van der Waals surface area (Å²) in [6, 6.07) is 0.